The number of aliphatic imine (C=N–C) groups is 1. The quantitative estimate of drug-likeness (QED) is 0.639. The van der Waals surface area contributed by atoms with E-state index < -0.39 is 0 Å². The summed E-state index contributed by atoms with van der Waals surface area (Å²) in [5.74, 6) is -0.372. The van der Waals surface area contributed by atoms with Crippen LogP contribution in [0.15, 0.2) is 47.5 Å². The SMILES string of the molecule is O=C1C(c2c(O)[nH]c3ccccc23)=Nc2ccc(O)cc21. The van der Waals surface area contributed by atoms with Crippen molar-refractivity contribution in [1.29, 1.82) is 0 Å². The van der Waals surface area contributed by atoms with Crippen LogP contribution in [-0.2, 0) is 0 Å². The van der Waals surface area contributed by atoms with Gasteiger partial charge < -0.3 is 15.2 Å². The number of nitrogens with one attached hydrogen (secondary N) is 1. The van der Waals surface area contributed by atoms with E-state index in [-0.39, 0.29) is 23.1 Å². The van der Waals surface area contributed by atoms with Gasteiger partial charge in [-0.3, -0.25) is 4.79 Å². The molecule has 0 bridgehead atoms. The molecule has 0 saturated carbocycles. The number of aromatic nitrogens is 1. The van der Waals surface area contributed by atoms with Gasteiger partial charge in [0, 0.05) is 10.9 Å². The summed E-state index contributed by atoms with van der Waals surface area (Å²) in [5.41, 5.74) is 2.16. The predicted molar refractivity (Wildman–Crippen MR) is 78.6 cm³/mol. The number of aromatic amines is 1. The Morgan fingerprint density at radius 1 is 1.05 bits per heavy atom. The van der Waals surface area contributed by atoms with Crippen molar-refractivity contribution in [3.05, 3.63) is 53.6 Å². The number of nitrogens with zero attached hydrogens (tertiary/aromatic N) is 1. The molecule has 0 radical (unpaired) electrons. The normalized spacial score (nSPS) is 13.5. The van der Waals surface area contributed by atoms with Crippen molar-refractivity contribution in [2.45, 2.75) is 0 Å². The monoisotopic (exact) mass is 278 g/mol. The summed E-state index contributed by atoms with van der Waals surface area (Å²) < 4.78 is 0. The van der Waals surface area contributed by atoms with Crippen LogP contribution >= 0.6 is 0 Å². The summed E-state index contributed by atoms with van der Waals surface area (Å²) in [6.07, 6.45) is 0. The Labute approximate surface area is 119 Å². The standard InChI is InChI=1S/C16H10N2O3/c19-8-5-6-12-10(7-8)15(20)14(17-12)13-9-3-1-2-4-11(9)18-16(13)21/h1-7,18-19,21H. The molecular weight excluding hydrogens is 268 g/mol. The Bertz CT molecular complexity index is 938. The lowest BCUT2D eigenvalue weighted by Crippen LogP contribution is -2.10. The van der Waals surface area contributed by atoms with E-state index in [2.05, 4.69) is 9.98 Å². The highest BCUT2D eigenvalue weighted by Crippen LogP contribution is 2.36. The maximum absolute atomic E-state index is 12.5. The molecule has 3 aromatic rings. The van der Waals surface area contributed by atoms with Gasteiger partial charge in [0.2, 0.25) is 5.78 Å². The van der Waals surface area contributed by atoms with Crippen LogP contribution in [0, 0.1) is 0 Å². The van der Waals surface area contributed by atoms with Crippen molar-refractivity contribution < 1.29 is 15.0 Å². The first kappa shape index (κ1) is 11.7. The number of phenolic OH excluding ortho intramolecular Hbond substituents is 1. The molecule has 0 saturated heterocycles. The first-order valence-electron chi connectivity index (χ1n) is 6.41. The number of para-hydroxylation sites is 1. The van der Waals surface area contributed by atoms with Gasteiger partial charge in [0.25, 0.3) is 0 Å². The molecule has 2 aromatic carbocycles. The van der Waals surface area contributed by atoms with E-state index in [0.717, 1.165) is 10.9 Å². The lowest BCUT2D eigenvalue weighted by molar-refractivity contribution is 0.106. The van der Waals surface area contributed by atoms with Crippen molar-refractivity contribution in [3.8, 4) is 11.6 Å². The molecule has 5 heteroatoms. The van der Waals surface area contributed by atoms with Crippen LogP contribution < -0.4 is 0 Å². The van der Waals surface area contributed by atoms with Crippen molar-refractivity contribution >= 4 is 28.1 Å². The number of rotatable bonds is 1. The number of benzene rings is 2. The number of carbonyl (C=O) groups excluding carboxylic acids is 1. The number of fused-ring (bicyclic) bond motifs is 2. The Morgan fingerprint density at radius 3 is 2.71 bits per heavy atom. The highest BCUT2D eigenvalue weighted by atomic mass is 16.3. The first-order chi connectivity index (χ1) is 10.1. The zero-order valence-corrected chi connectivity index (χ0v) is 10.8. The second-order valence-electron chi connectivity index (χ2n) is 4.89. The van der Waals surface area contributed by atoms with Gasteiger partial charge in [0.15, 0.2) is 5.88 Å². The van der Waals surface area contributed by atoms with Crippen LogP contribution in [0.2, 0.25) is 0 Å². The van der Waals surface area contributed by atoms with Gasteiger partial charge in [-0.1, -0.05) is 18.2 Å². The second kappa shape index (κ2) is 3.96. The zero-order chi connectivity index (χ0) is 14.6. The van der Waals surface area contributed by atoms with Crippen molar-refractivity contribution in [1.82, 2.24) is 4.98 Å². The van der Waals surface area contributed by atoms with Crippen molar-refractivity contribution in [3.63, 3.8) is 0 Å². The van der Waals surface area contributed by atoms with E-state index >= 15 is 0 Å². The summed E-state index contributed by atoms with van der Waals surface area (Å²) >= 11 is 0. The number of ketones is 1. The number of aromatic hydroxyl groups is 2. The van der Waals surface area contributed by atoms with Gasteiger partial charge in [-0.25, -0.2) is 4.99 Å². The fourth-order valence-corrected chi connectivity index (χ4v) is 2.64. The third-order valence-electron chi connectivity index (χ3n) is 3.60. The maximum atomic E-state index is 12.5. The topological polar surface area (TPSA) is 85.7 Å². The summed E-state index contributed by atoms with van der Waals surface area (Å²) in [6.45, 7) is 0. The Morgan fingerprint density at radius 2 is 1.86 bits per heavy atom. The summed E-state index contributed by atoms with van der Waals surface area (Å²) in [4.78, 5) is 19.6. The van der Waals surface area contributed by atoms with Crippen LogP contribution in [0.4, 0.5) is 5.69 Å². The molecule has 0 atom stereocenters. The number of hydrogen-bond acceptors (Lipinski definition) is 4. The molecule has 0 spiro atoms. The van der Waals surface area contributed by atoms with Gasteiger partial charge in [-0.05, 0) is 24.3 Å². The van der Waals surface area contributed by atoms with Gasteiger partial charge in [0.1, 0.15) is 11.5 Å². The average Bonchev–Trinajstić information content (AvgIpc) is 2.96. The molecule has 5 nitrogen and oxygen atoms in total. The largest absolute Gasteiger partial charge is 0.508 e. The van der Waals surface area contributed by atoms with E-state index in [1.807, 2.05) is 24.3 Å². The van der Waals surface area contributed by atoms with E-state index in [4.69, 9.17) is 0 Å². The molecule has 0 fully saturated rings. The number of hydrogen-bond donors (Lipinski definition) is 3. The fourth-order valence-electron chi connectivity index (χ4n) is 2.64. The summed E-state index contributed by atoms with van der Waals surface area (Å²) in [7, 11) is 0. The number of carbonyl (C=O) groups is 1. The predicted octanol–water partition coefficient (Wildman–Crippen LogP) is 2.90. The smallest absolute Gasteiger partial charge is 0.214 e. The molecular formula is C16H10N2O3. The van der Waals surface area contributed by atoms with E-state index in [9.17, 15) is 15.0 Å². The Hall–Kier alpha value is -3.08. The molecule has 21 heavy (non-hydrogen) atoms. The third kappa shape index (κ3) is 1.57. The van der Waals surface area contributed by atoms with Gasteiger partial charge in [-0.2, -0.15) is 0 Å². The molecule has 0 aliphatic carbocycles. The van der Waals surface area contributed by atoms with Crippen LogP contribution in [0.3, 0.4) is 0 Å². The molecule has 102 valence electrons. The van der Waals surface area contributed by atoms with E-state index in [1.165, 1.54) is 12.1 Å². The fraction of sp³-hybridized carbons (Fsp3) is 0. The number of phenols is 1. The van der Waals surface area contributed by atoms with Crippen LogP contribution in [-0.4, -0.2) is 26.7 Å². The molecule has 1 aromatic heterocycles. The second-order valence-corrected chi connectivity index (χ2v) is 4.89. The Kier molecular flexibility index (Phi) is 2.21. The average molecular weight is 278 g/mol. The molecule has 1 aliphatic heterocycles. The minimum absolute atomic E-state index is 0.0155. The minimum Gasteiger partial charge on any atom is -0.508 e. The molecule has 1 aliphatic rings. The van der Waals surface area contributed by atoms with Gasteiger partial charge in [-0.15, -0.1) is 0 Å². The van der Waals surface area contributed by atoms with E-state index in [0.29, 0.717) is 16.8 Å². The number of H-pyrrole nitrogens is 1. The highest BCUT2D eigenvalue weighted by Gasteiger charge is 2.30. The van der Waals surface area contributed by atoms with E-state index in [1.54, 1.807) is 6.07 Å². The molecule has 2 heterocycles. The third-order valence-corrected chi connectivity index (χ3v) is 3.60. The van der Waals surface area contributed by atoms with Crippen molar-refractivity contribution in [2.24, 2.45) is 4.99 Å². The Balaban J connectivity index is 1.96. The van der Waals surface area contributed by atoms with Crippen LogP contribution in [0.5, 0.6) is 11.6 Å². The van der Waals surface area contributed by atoms with Crippen molar-refractivity contribution in [2.75, 3.05) is 0 Å². The zero-order valence-electron chi connectivity index (χ0n) is 10.8. The number of Topliss-reactive ketones (excluding diaryl/α,β-unsaturated/α-hetero) is 1. The summed E-state index contributed by atoms with van der Waals surface area (Å²) in [5, 5.41) is 20.3. The molecule has 3 N–H and O–H groups in total. The van der Waals surface area contributed by atoms with Gasteiger partial charge in [0.05, 0.1) is 16.8 Å². The minimum atomic E-state index is -0.305. The molecule has 0 amide bonds. The lowest BCUT2D eigenvalue weighted by atomic mass is 10.0. The lowest BCUT2D eigenvalue weighted by Gasteiger charge is -1.99. The maximum Gasteiger partial charge on any atom is 0.214 e. The molecule has 4 rings (SSSR count). The highest BCUT2D eigenvalue weighted by molar-refractivity contribution is 6.56. The summed E-state index contributed by atoms with van der Waals surface area (Å²) in [6, 6.07) is 11.8. The first-order valence-corrected chi connectivity index (χ1v) is 6.41. The van der Waals surface area contributed by atoms with Crippen LogP contribution in [0.25, 0.3) is 10.9 Å². The molecule has 0 unspecified atom stereocenters. The van der Waals surface area contributed by atoms with Gasteiger partial charge >= 0.3 is 0 Å². The van der Waals surface area contributed by atoms with Crippen LogP contribution in [0.1, 0.15) is 15.9 Å².